The Morgan fingerprint density at radius 1 is 1.50 bits per heavy atom. The molecule has 0 fully saturated rings. The van der Waals surface area contributed by atoms with Gasteiger partial charge in [-0.2, -0.15) is 4.99 Å². The minimum absolute atomic E-state index is 0.0532. The number of aliphatic imine (C=N–C) groups is 1. The summed E-state index contributed by atoms with van der Waals surface area (Å²) < 4.78 is 0. The van der Waals surface area contributed by atoms with Crippen LogP contribution >= 0.6 is 0 Å². The number of nitrogens with zero attached hydrogens (tertiary/aromatic N) is 1. The van der Waals surface area contributed by atoms with Crippen LogP contribution < -0.4 is 0 Å². The minimum atomic E-state index is 0.0532. The molecule has 0 radical (unpaired) electrons. The number of hydrogen-bond donors (Lipinski definition) is 0. The van der Waals surface area contributed by atoms with Gasteiger partial charge < -0.3 is 0 Å². The number of hydrogen-bond acceptors (Lipinski definition) is 2. The van der Waals surface area contributed by atoms with Crippen LogP contribution in [-0.4, -0.2) is 6.08 Å². The van der Waals surface area contributed by atoms with Crippen molar-refractivity contribution < 1.29 is 4.79 Å². The van der Waals surface area contributed by atoms with Gasteiger partial charge in [-0.05, 0) is 42.9 Å². The maximum atomic E-state index is 10.3. The van der Waals surface area contributed by atoms with E-state index in [4.69, 9.17) is 0 Å². The molecule has 0 aliphatic heterocycles. The smallest absolute Gasteiger partial charge is 0.211 e. The van der Waals surface area contributed by atoms with E-state index in [9.17, 15) is 4.79 Å². The van der Waals surface area contributed by atoms with Crippen LogP contribution in [0.1, 0.15) is 35.6 Å². The highest BCUT2D eigenvalue weighted by Gasteiger charge is 2.20. The molecule has 1 aliphatic carbocycles. The summed E-state index contributed by atoms with van der Waals surface area (Å²) in [6.07, 6.45) is 4.89. The van der Waals surface area contributed by atoms with Crippen LogP contribution in [0.5, 0.6) is 0 Å². The maximum absolute atomic E-state index is 10.3. The second kappa shape index (κ2) is 3.77. The van der Waals surface area contributed by atoms with Crippen LogP contribution in [0.2, 0.25) is 0 Å². The summed E-state index contributed by atoms with van der Waals surface area (Å²) in [6, 6.07) is 6.34. The molecule has 0 saturated heterocycles. The topological polar surface area (TPSA) is 29.4 Å². The summed E-state index contributed by atoms with van der Waals surface area (Å²) >= 11 is 0. The molecule has 1 aromatic rings. The van der Waals surface area contributed by atoms with E-state index in [1.807, 2.05) is 0 Å². The molecule has 2 nitrogen and oxygen atoms in total. The van der Waals surface area contributed by atoms with Crippen LogP contribution in [0.15, 0.2) is 23.2 Å². The first-order valence-electron chi connectivity index (χ1n) is 4.98. The SMILES string of the molecule is Cc1cccc2c1C(N=C=O)CCC2. The summed E-state index contributed by atoms with van der Waals surface area (Å²) in [4.78, 5) is 14.2. The van der Waals surface area contributed by atoms with E-state index in [1.165, 1.54) is 16.7 Å². The predicted molar refractivity (Wildman–Crippen MR) is 55.0 cm³/mol. The third kappa shape index (κ3) is 1.49. The Morgan fingerprint density at radius 2 is 2.36 bits per heavy atom. The fourth-order valence-electron chi connectivity index (χ4n) is 2.26. The van der Waals surface area contributed by atoms with Crippen molar-refractivity contribution in [1.82, 2.24) is 0 Å². The third-order valence-corrected chi connectivity index (χ3v) is 2.88. The first-order chi connectivity index (χ1) is 6.83. The molecule has 1 unspecified atom stereocenters. The Bertz CT molecular complexity index is 391. The number of isocyanates is 1. The zero-order valence-electron chi connectivity index (χ0n) is 8.29. The quantitative estimate of drug-likeness (QED) is 0.491. The second-order valence-electron chi connectivity index (χ2n) is 3.78. The molecule has 1 aliphatic rings. The number of rotatable bonds is 1. The lowest BCUT2D eigenvalue weighted by molar-refractivity contribution is 0.537. The van der Waals surface area contributed by atoms with E-state index in [0.717, 1.165) is 19.3 Å². The fourth-order valence-corrected chi connectivity index (χ4v) is 2.26. The highest BCUT2D eigenvalue weighted by molar-refractivity contribution is 5.42. The van der Waals surface area contributed by atoms with Crippen LogP contribution in [0, 0.1) is 6.92 Å². The van der Waals surface area contributed by atoms with Gasteiger partial charge in [-0.1, -0.05) is 18.2 Å². The van der Waals surface area contributed by atoms with Crippen molar-refractivity contribution in [2.75, 3.05) is 0 Å². The molecule has 0 aromatic heterocycles. The van der Waals surface area contributed by atoms with Gasteiger partial charge in [0.25, 0.3) is 0 Å². The van der Waals surface area contributed by atoms with Gasteiger partial charge in [0, 0.05) is 0 Å². The fraction of sp³-hybridized carbons (Fsp3) is 0.417. The van der Waals surface area contributed by atoms with Crippen molar-refractivity contribution >= 4 is 6.08 Å². The van der Waals surface area contributed by atoms with E-state index < -0.39 is 0 Å². The van der Waals surface area contributed by atoms with E-state index in [2.05, 4.69) is 30.1 Å². The minimum Gasteiger partial charge on any atom is -0.211 e. The van der Waals surface area contributed by atoms with Gasteiger partial charge in [0.15, 0.2) is 0 Å². The van der Waals surface area contributed by atoms with E-state index >= 15 is 0 Å². The Hall–Kier alpha value is -1.40. The zero-order valence-corrected chi connectivity index (χ0v) is 8.29. The van der Waals surface area contributed by atoms with Crippen LogP contribution in [0.4, 0.5) is 0 Å². The first-order valence-corrected chi connectivity index (χ1v) is 4.98. The molecule has 14 heavy (non-hydrogen) atoms. The summed E-state index contributed by atoms with van der Waals surface area (Å²) in [5.74, 6) is 0. The molecule has 0 bridgehead atoms. The normalized spacial score (nSPS) is 19.6. The van der Waals surface area contributed by atoms with Crippen molar-refractivity contribution in [2.45, 2.75) is 32.2 Å². The molecule has 0 spiro atoms. The molecule has 72 valence electrons. The molecule has 2 rings (SSSR count). The van der Waals surface area contributed by atoms with Crippen molar-refractivity contribution in [3.8, 4) is 0 Å². The van der Waals surface area contributed by atoms with Crippen LogP contribution in [0.3, 0.4) is 0 Å². The Labute approximate surface area is 83.7 Å². The van der Waals surface area contributed by atoms with Crippen molar-refractivity contribution in [1.29, 1.82) is 0 Å². The third-order valence-electron chi connectivity index (χ3n) is 2.88. The Morgan fingerprint density at radius 3 is 3.14 bits per heavy atom. The summed E-state index contributed by atoms with van der Waals surface area (Å²) in [6.45, 7) is 2.08. The molecular formula is C12H13NO. The molecule has 2 heteroatoms. The molecular weight excluding hydrogens is 174 g/mol. The van der Waals surface area contributed by atoms with Gasteiger partial charge in [0.05, 0.1) is 6.04 Å². The molecule has 0 amide bonds. The van der Waals surface area contributed by atoms with Crippen molar-refractivity contribution in [3.63, 3.8) is 0 Å². The first kappa shape index (κ1) is 9.17. The van der Waals surface area contributed by atoms with Gasteiger partial charge in [-0.15, -0.1) is 0 Å². The Kier molecular flexibility index (Phi) is 2.47. The number of carbonyl (C=O) groups excluding carboxylic acids is 1. The van der Waals surface area contributed by atoms with Gasteiger partial charge in [0.2, 0.25) is 6.08 Å². The highest BCUT2D eigenvalue weighted by atomic mass is 16.1. The molecule has 0 N–H and O–H groups in total. The lowest BCUT2D eigenvalue weighted by Gasteiger charge is -2.23. The van der Waals surface area contributed by atoms with E-state index in [0.29, 0.717) is 0 Å². The highest BCUT2D eigenvalue weighted by Crippen LogP contribution is 2.34. The number of aryl methyl sites for hydroxylation is 2. The molecule has 0 heterocycles. The molecule has 0 saturated carbocycles. The zero-order chi connectivity index (χ0) is 9.97. The Balaban J connectivity index is 2.51. The lowest BCUT2D eigenvalue weighted by Crippen LogP contribution is -2.09. The summed E-state index contributed by atoms with van der Waals surface area (Å²) in [7, 11) is 0. The standard InChI is InChI=1S/C12H13NO/c1-9-4-2-5-10-6-3-7-11(12(9)10)13-8-14/h2,4-5,11H,3,6-7H2,1H3. The van der Waals surface area contributed by atoms with Crippen LogP contribution in [-0.2, 0) is 11.2 Å². The monoisotopic (exact) mass is 187 g/mol. The van der Waals surface area contributed by atoms with Gasteiger partial charge >= 0.3 is 0 Å². The second-order valence-corrected chi connectivity index (χ2v) is 3.78. The molecule has 1 aromatic carbocycles. The van der Waals surface area contributed by atoms with E-state index in [-0.39, 0.29) is 6.04 Å². The largest absolute Gasteiger partial charge is 0.235 e. The van der Waals surface area contributed by atoms with E-state index in [1.54, 1.807) is 6.08 Å². The number of fused-ring (bicyclic) bond motifs is 1. The van der Waals surface area contributed by atoms with Crippen LogP contribution in [0.25, 0.3) is 0 Å². The average molecular weight is 187 g/mol. The number of benzene rings is 1. The average Bonchev–Trinajstić information content (AvgIpc) is 2.19. The van der Waals surface area contributed by atoms with Gasteiger partial charge in [-0.25, -0.2) is 4.79 Å². The summed E-state index contributed by atoms with van der Waals surface area (Å²) in [5.41, 5.74) is 3.84. The van der Waals surface area contributed by atoms with Gasteiger partial charge in [-0.3, -0.25) is 0 Å². The maximum Gasteiger partial charge on any atom is 0.235 e. The van der Waals surface area contributed by atoms with Crippen molar-refractivity contribution in [3.05, 3.63) is 34.9 Å². The predicted octanol–water partition coefficient (Wildman–Crippen LogP) is 2.71. The van der Waals surface area contributed by atoms with Gasteiger partial charge in [0.1, 0.15) is 0 Å². The lowest BCUT2D eigenvalue weighted by atomic mass is 9.85. The summed E-state index contributed by atoms with van der Waals surface area (Å²) in [5, 5.41) is 0. The molecule has 1 atom stereocenters. The van der Waals surface area contributed by atoms with Crippen molar-refractivity contribution in [2.24, 2.45) is 4.99 Å².